The van der Waals surface area contributed by atoms with E-state index in [-0.39, 0.29) is 11.5 Å². The third-order valence-corrected chi connectivity index (χ3v) is 2.28. The molecule has 0 aliphatic rings. The number of pyridine rings is 1. The standard InChI is InChI=1S/C13H12FNO2/c1-2-17-13-6-3-9(7-11(13)14)12-5-4-10(16)8-15-12/h3-8,16H,2H2,1H3. The van der Waals surface area contributed by atoms with Crippen molar-refractivity contribution in [2.24, 2.45) is 0 Å². The summed E-state index contributed by atoms with van der Waals surface area (Å²) in [5.41, 5.74) is 1.25. The van der Waals surface area contributed by atoms with E-state index in [2.05, 4.69) is 4.98 Å². The average Bonchev–Trinajstić information content (AvgIpc) is 2.33. The van der Waals surface area contributed by atoms with Crippen molar-refractivity contribution < 1.29 is 14.2 Å². The molecule has 0 bridgehead atoms. The number of ether oxygens (including phenoxy) is 1. The van der Waals surface area contributed by atoms with Crippen LogP contribution >= 0.6 is 0 Å². The lowest BCUT2D eigenvalue weighted by Gasteiger charge is -2.06. The fourth-order valence-electron chi connectivity index (χ4n) is 1.49. The van der Waals surface area contributed by atoms with Crippen molar-refractivity contribution in [2.75, 3.05) is 6.61 Å². The van der Waals surface area contributed by atoms with Gasteiger partial charge in [0.2, 0.25) is 0 Å². The van der Waals surface area contributed by atoms with Crippen LogP contribution in [0.2, 0.25) is 0 Å². The first-order valence-corrected chi connectivity index (χ1v) is 5.28. The molecule has 0 saturated heterocycles. The summed E-state index contributed by atoms with van der Waals surface area (Å²) in [7, 11) is 0. The summed E-state index contributed by atoms with van der Waals surface area (Å²) >= 11 is 0. The minimum absolute atomic E-state index is 0.0835. The number of hydrogen-bond acceptors (Lipinski definition) is 3. The summed E-state index contributed by atoms with van der Waals surface area (Å²) in [5.74, 6) is -0.102. The second kappa shape index (κ2) is 4.82. The van der Waals surface area contributed by atoms with Crippen LogP contribution in [0.15, 0.2) is 36.5 Å². The van der Waals surface area contributed by atoms with Gasteiger partial charge < -0.3 is 9.84 Å². The largest absolute Gasteiger partial charge is 0.506 e. The second-order valence-corrected chi connectivity index (χ2v) is 3.48. The first kappa shape index (κ1) is 11.4. The van der Waals surface area contributed by atoms with Crippen LogP contribution in [-0.2, 0) is 0 Å². The van der Waals surface area contributed by atoms with Crippen LogP contribution in [0, 0.1) is 5.82 Å². The van der Waals surface area contributed by atoms with Crippen molar-refractivity contribution in [3.05, 3.63) is 42.3 Å². The van der Waals surface area contributed by atoms with Crippen LogP contribution < -0.4 is 4.74 Å². The number of rotatable bonds is 3. The Bertz CT molecular complexity index is 511. The summed E-state index contributed by atoms with van der Waals surface area (Å²) in [6.07, 6.45) is 1.32. The van der Waals surface area contributed by atoms with Gasteiger partial charge in [0.05, 0.1) is 18.5 Å². The van der Waals surface area contributed by atoms with Crippen molar-refractivity contribution in [1.29, 1.82) is 0 Å². The second-order valence-electron chi connectivity index (χ2n) is 3.48. The maximum Gasteiger partial charge on any atom is 0.165 e. The summed E-state index contributed by atoms with van der Waals surface area (Å²) in [5, 5.41) is 9.12. The molecule has 0 saturated carbocycles. The van der Waals surface area contributed by atoms with Gasteiger partial charge in [0.15, 0.2) is 11.6 Å². The third-order valence-electron chi connectivity index (χ3n) is 2.28. The maximum absolute atomic E-state index is 13.6. The number of nitrogens with zero attached hydrogens (tertiary/aromatic N) is 1. The molecule has 0 radical (unpaired) electrons. The number of hydrogen-bond donors (Lipinski definition) is 1. The molecule has 0 fully saturated rings. The lowest BCUT2D eigenvalue weighted by molar-refractivity contribution is 0.321. The molecule has 2 rings (SSSR count). The van der Waals surface area contributed by atoms with Crippen LogP contribution in [0.25, 0.3) is 11.3 Å². The van der Waals surface area contributed by atoms with Crippen molar-refractivity contribution in [3.63, 3.8) is 0 Å². The van der Waals surface area contributed by atoms with Gasteiger partial charge in [0.25, 0.3) is 0 Å². The van der Waals surface area contributed by atoms with Gasteiger partial charge in [0, 0.05) is 5.56 Å². The van der Waals surface area contributed by atoms with Gasteiger partial charge in [-0.15, -0.1) is 0 Å². The van der Waals surface area contributed by atoms with E-state index in [9.17, 15) is 4.39 Å². The first-order chi connectivity index (χ1) is 8.20. The maximum atomic E-state index is 13.6. The number of halogens is 1. The molecule has 0 amide bonds. The van der Waals surface area contributed by atoms with Crippen molar-refractivity contribution in [2.45, 2.75) is 6.92 Å². The van der Waals surface area contributed by atoms with Gasteiger partial charge in [-0.3, -0.25) is 4.98 Å². The summed E-state index contributed by atoms with van der Waals surface area (Å²) < 4.78 is 18.7. The van der Waals surface area contributed by atoms with Crippen LogP contribution in [-0.4, -0.2) is 16.7 Å². The van der Waals surface area contributed by atoms with Crippen molar-refractivity contribution in [3.8, 4) is 22.8 Å². The van der Waals surface area contributed by atoms with Crippen molar-refractivity contribution >= 4 is 0 Å². The summed E-state index contributed by atoms with van der Waals surface area (Å²) in [6, 6.07) is 7.81. The molecule has 1 aromatic heterocycles. The highest BCUT2D eigenvalue weighted by molar-refractivity contribution is 5.60. The van der Waals surface area contributed by atoms with Crippen LogP contribution in [0.3, 0.4) is 0 Å². The van der Waals surface area contributed by atoms with Crippen LogP contribution in [0.1, 0.15) is 6.92 Å². The fraction of sp³-hybridized carbons (Fsp3) is 0.154. The van der Waals surface area contributed by atoms with E-state index in [0.717, 1.165) is 0 Å². The number of aromatic hydroxyl groups is 1. The molecule has 0 aliphatic heterocycles. The zero-order valence-corrected chi connectivity index (χ0v) is 9.35. The SMILES string of the molecule is CCOc1ccc(-c2ccc(O)cn2)cc1F. The van der Waals surface area contributed by atoms with Gasteiger partial charge in [-0.05, 0) is 37.3 Å². The van der Waals surface area contributed by atoms with Crippen LogP contribution in [0.5, 0.6) is 11.5 Å². The molecule has 0 spiro atoms. The smallest absolute Gasteiger partial charge is 0.165 e. The molecular formula is C13H12FNO2. The molecule has 0 unspecified atom stereocenters. The molecule has 1 heterocycles. The zero-order chi connectivity index (χ0) is 12.3. The topological polar surface area (TPSA) is 42.4 Å². The van der Waals surface area contributed by atoms with Gasteiger partial charge >= 0.3 is 0 Å². The molecule has 1 N–H and O–H groups in total. The molecule has 17 heavy (non-hydrogen) atoms. The Balaban J connectivity index is 2.34. The number of benzene rings is 1. The molecule has 0 atom stereocenters. The fourth-order valence-corrected chi connectivity index (χ4v) is 1.49. The molecule has 2 aromatic rings. The van der Waals surface area contributed by atoms with E-state index in [1.165, 1.54) is 18.3 Å². The average molecular weight is 233 g/mol. The number of aromatic nitrogens is 1. The van der Waals surface area contributed by atoms with E-state index < -0.39 is 5.82 Å². The van der Waals surface area contributed by atoms with Gasteiger partial charge in [-0.25, -0.2) is 4.39 Å². The van der Waals surface area contributed by atoms with E-state index in [1.807, 2.05) is 0 Å². The highest BCUT2D eigenvalue weighted by Crippen LogP contribution is 2.25. The third kappa shape index (κ3) is 2.53. The van der Waals surface area contributed by atoms with E-state index in [0.29, 0.717) is 17.9 Å². The Morgan fingerprint density at radius 2 is 2.12 bits per heavy atom. The predicted octanol–water partition coefficient (Wildman–Crippen LogP) is 2.99. The summed E-state index contributed by atoms with van der Waals surface area (Å²) in [6.45, 7) is 2.22. The normalized spacial score (nSPS) is 10.2. The first-order valence-electron chi connectivity index (χ1n) is 5.28. The van der Waals surface area contributed by atoms with E-state index >= 15 is 0 Å². The molecule has 4 heteroatoms. The Morgan fingerprint density at radius 1 is 1.29 bits per heavy atom. The molecule has 3 nitrogen and oxygen atoms in total. The minimum Gasteiger partial charge on any atom is -0.506 e. The lowest BCUT2D eigenvalue weighted by Crippen LogP contribution is -1.94. The Kier molecular flexibility index (Phi) is 3.23. The Labute approximate surface area is 98.5 Å². The van der Waals surface area contributed by atoms with Gasteiger partial charge in [-0.2, -0.15) is 0 Å². The monoisotopic (exact) mass is 233 g/mol. The Hall–Kier alpha value is -2.10. The van der Waals surface area contributed by atoms with Crippen molar-refractivity contribution in [1.82, 2.24) is 4.98 Å². The van der Waals surface area contributed by atoms with E-state index in [4.69, 9.17) is 9.84 Å². The molecule has 88 valence electrons. The molecule has 0 aliphatic carbocycles. The Morgan fingerprint density at radius 3 is 2.71 bits per heavy atom. The predicted molar refractivity (Wildman–Crippen MR) is 62.5 cm³/mol. The van der Waals surface area contributed by atoms with E-state index in [1.54, 1.807) is 25.1 Å². The minimum atomic E-state index is -0.417. The zero-order valence-electron chi connectivity index (χ0n) is 9.35. The molecular weight excluding hydrogens is 221 g/mol. The van der Waals surface area contributed by atoms with Gasteiger partial charge in [-0.1, -0.05) is 0 Å². The quantitative estimate of drug-likeness (QED) is 0.886. The molecule has 1 aromatic carbocycles. The highest BCUT2D eigenvalue weighted by Gasteiger charge is 2.06. The van der Waals surface area contributed by atoms with Crippen LogP contribution in [0.4, 0.5) is 4.39 Å². The van der Waals surface area contributed by atoms with Gasteiger partial charge in [0.1, 0.15) is 5.75 Å². The summed E-state index contributed by atoms with van der Waals surface area (Å²) in [4.78, 5) is 4.01. The lowest BCUT2D eigenvalue weighted by atomic mass is 10.1. The highest BCUT2D eigenvalue weighted by atomic mass is 19.1.